The highest BCUT2D eigenvalue weighted by atomic mass is 16.5. The molecule has 0 atom stereocenters. The van der Waals surface area contributed by atoms with Crippen molar-refractivity contribution in [2.75, 3.05) is 6.61 Å². The summed E-state index contributed by atoms with van der Waals surface area (Å²) in [5.41, 5.74) is 2.76. The Morgan fingerprint density at radius 1 is 1.35 bits per heavy atom. The summed E-state index contributed by atoms with van der Waals surface area (Å²) in [6.45, 7) is 4.55. The van der Waals surface area contributed by atoms with Gasteiger partial charge in [0.05, 0.1) is 23.3 Å². The summed E-state index contributed by atoms with van der Waals surface area (Å²) < 4.78 is 5.67. The lowest BCUT2D eigenvalue weighted by Gasteiger charge is -2.12. The lowest BCUT2D eigenvalue weighted by Crippen LogP contribution is -2.15. The van der Waals surface area contributed by atoms with Gasteiger partial charge >= 0.3 is 5.97 Å². The minimum Gasteiger partial charge on any atom is -0.478 e. The van der Waals surface area contributed by atoms with Crippen molar-refractivity contribution in [1.29, 1.82) is 0 Å². The number of rotatable bonds is 2. The Kier molecular flexibility index (Phi) is 2.83. The van der Waals surface area contributed by atoms with Gasteiger partial charge in [-0.05, 0) is 49.3 Å². The van der Waals surface area contributed by atoms with Crippen LogP contribution in [-0.4, -0.2) is 28.3 Å². The summed E-state index contributed by atoms with van der Waals surface area (Å²) in [5, 5.41) is 9.91. The van der Waals surface area contributed by atoms with Crippen molar-refractivity contribution < 1.29 is 14.6 Å². The second-order valence-electron chi connectivity index (χ2n) is 5.46. The molecule has 102 valence electrons. The number of hydrogen-bond donors (Lipinski definition) is 1. The maximum Gasteiger partial charge on any atom is 0.336 e. The van der Waals surface area contributed by atoms with Gasteiger partial charge in [0.2, 0.25) is 0 Å². The lowest BCUT2D eigenvalue weighted by atomic mass is 9.99. The minimum atomic E-state index is -0.938. The molecule has 1 aliphatic heterocycles. The van der Waals surface area contributed by atoms with Gasteiger partial charge in [-0.2, -0.15) is 0 Å². The molecule has 0 saturated carbocycles. The van der Waals surface area contributed by atoms with E-state index in [9.17, 15) is 9.90 Å². The largest absolute Gasteiger partial charge is 0.478 e. The average molecular weight is 269 g/mol. The molecular weight excluding hydrogens is 254 g/mol. The summed E-state index contributed by atoms with van der Waals surface area (Å²) in [7, 11) is 0. The zero-order valence-electron chi connectivity index (χ0n) is 11.4. The summed E-state index contributed by atoms with van der Waals surface area (Å²) >= 11 is 0. The Morgan fingerprint density at radius 3 is 2.80 bits per heavy atom. The molecule has 2 aromatic rings. The Morgan fingerprint density at radius 2 is 2.15 bits per heavy atom. The summed E-state index contributed by atoms with van der Waals surface area (Å²) in [5.74, 6) is -0.938. The number of aromatic carboxylic acids is 1. The molecule has 0 bridgehead atoms. The molecule has 0 saturated heterocycles. The quantitative estimate of drug-likeness (QED) is 0.910. The molecule has 0 amide bonds. The molecule has 1 aromatic carbocycles. The van der Waals surface area contributed by atoms with Crippen LogP contribution in [0.2, 0.25) is 0 Å². The van der Waals surface area contributed by atoms with E-state index in [-0.39, 0.29) is 11.2 Å². The Hall–Kier alpha value is -2.20. The number of aromatic nitrogens is 1. The van der Waals surface area contributed by atoms with Crippen LogP contribution in [0.4, 0.5) is 0 Å². The number of fused-ring (bicyclic) bond motifs is 1. The predicted octanol–water partition coefficient (Wildman–Crippen LogP) is 3.13. The highest BCUT2D eigenvalue weighted by Crippen LogP contribution is 2.31. The van der Waals surface area contributed by atoms with Crippen LogP contribution >= 0.6 is 0 Å². The van der Waals surface area contributed by atoms with Gasteiger partial charge in [0.1, 0.15) is 0 Å². The van der Waals surface area contributed by atoms with Gasteiger partial charge in [-0.3, -0.25) is 4.98 Å². The van der Waals surface area contributed by atoms with Crippen LogP contribution in [0.25, 0.3) is 16.5 Å². The minimum absolute atomic E-state index is 0.269. The lowest BCUT2D eigenvalue weighted by molar-refractivity contribution is 0.0590. The molecule has 4 heteroatoms. The molecule has 0 spiro atoms. The van der Waals surface area contributed by atoms with Crippen molar-refractivity contribution in [3.05, 3.63) is 47.7 Å². The fourth-order valence-electron chi connectivity index (χ4n) is 2.47. The zero-order valence-corrected chi connectivity index (χ0v) is 11.4. The standard InChI is InChI=1S/C16H15NO3/c1-16(2)8-11(9-20-16)10-3-4-14-13(7-10)12(15(18)19)5-6-17-14/h3-8H,9H2,1-2H3,(H,18,19). The number of benzene rings is 1. The highest BCUT2D eigenvalue weighted by Gasteiger charge is 2.24. The van der Waals surface area contributed by atoms with E-state index in [2.05, 4.69) is 11.1 Å². The topological polar surface area (TPSA) is 59.4 Å². The van der Waals surface area contributed by atoms with Crippen LogP contribution in [0, 0.1) is 0 Å². The van der Waals surface area contributed by atoms with Crippen molar-refractivity contribution in [3.8, 4) is 0 Å². The average Bonchev–Trinajstić information content (AvgIpc) is 2.77. The number of carbonyl (C=O) groups is 1. The maximum atomic E-state index is 11.3. The van der Waals surface area contributed by atoms with Gasteiger partial charge < -0.3 is 9.84 Å². The molecule has 20 heavy (non-hydrogen) atoms. The number of nitrogens with zero attached hydrogens (tertiary/aromatic N) is 1. The molecule has 4 nitrogen and oxygen atoms in total. The number of ether oxygens (including phenoxy) is 1. The second-order valence-corrected chi connectivity index (χ2v) is 5.46. The fourth-order valence-corrected chi connectivity index (χ4v) is 2.47. The highest BCUT2D eigenvalue weighted by molar-refractivity contribution is 6.03. The van der Waals surface area contributed by atoms with E-state index >= 15 is 0 Å². The van der Waals surface area contributed by atoms with Gasteiger partial charge in [-0.15, -0.1) is 0 Å². The molecule has 0 radical (unpaired) electrons. The Bertz CT molecular complexity index is 732. The van der Waals surface area contributed by atoms with Crippen LogP contribution in [-0.2, 0) is 4.74 Å². The number of hydrogen-bond acceptors (Lipinski definition) is 3. The monoisotopic (exact) mass is 269 g/mol. The van der Waals surface area contributed by atoms with Crippen LogP contribution in [0.3, 0.4) is 0 Å². The molecule has 0 unspecified atom stereocenters. The van der Waals surface area contributed by atoms with Crippen molar-refractivity contribution in [1.82, 2.24) is 4.98 Å². The molecular formula is C16H15NO3. The van der Waals surface area contributed by atoms with E-state index in [1.165, 1.54) is 12.3 Å². The summed E-state index contributed by atoms with van der Waals surface area (Å²) in [6.07, 6.45) is 3.59. The number of pyridine rings is 1. The van der Waals surface area contributed by atoms with Gasteiger partial charge in [0, 0.05) is 11.6 Å². The predicted molar refractivity (Wildman–Crippen MR) is 76.7 cm³/mol. The van der Waals surface area contributed by atoms with E-state index in [0.717, 1.165) is 11.1 Å². The van der Waals surface area contributed by atoms with Gasteiger partial charge in [-0.1, -0.05) is 6.07 Å². The normalized spacial score (nSPS) is 17.2. The molecule has 0 aliphatic carbocycles. The third-order valence-corrected chi connectivity index (χ3v) is 3.46. The Labute approximate surface area is 116 Å². The number of carboxylic acid groups (broad SMARTS) is 1. The van der Waals surface area contributed by atoms with E-state index in [1.807, 2.05) is 32.0 Å². The second kappa shape index (κ2) is 4.42. The van der Waals surface area contributed by atoms with E-state index in [1.54, 1.807) is 0 Å². The number of carboxylic acids is 1. The van der Waals surface area contributed by atoms with Crippen LogP contribution in [0.15, 0.2) is 36.5 Å². The first-order valence-corrected chi connectivity index (χ1v) is 6.44. The molecule has 2 heterocycles. The van der Waals surface area contributed by atoms with E-state index in [0.29, 0.717) is 17.5 Å². The molecule has 3 rings (SSSR count). The maximum absolute atomic E-state index is 11.3. The third-order valence-electron chi connectivity index (χ3n) is 3.46. The molecule has 1 aliphatic rings. The van der Waals surface area contributed by atoms with E-state index < -0.39 is 5.97 Å². The van der Waals surface area contributed by atoms with Crippen LogP contribution in [0.1, 0.15) is 29.8 Å². The first kappa shape index (κ1) is 12.8. The first-order valence-electron chi connectivity index (χ1n) is 6.44. The van der Waals surface area contributed by atoms with Crippen molar-refractivity contribution in [2.45, 2.75) is 19.4 Å². The molecule has 1 aromatic heterocycles. The first-order chi connectivity index (χ1) is 9.46. The van der Waals surface area contributed by atoms with Crippen molar-refractivity contribution in [3.63, 3.8) is 0 Å². The smallest absolute Gasteiger partial charge is 0.336 e. The van der Waals surface area contributed by atoms with Crippen LogP contribution < -0.4 is 0 Å². The molecule has 0 fully saturated rings. The van der Waals surface area contributed by atoms with E-state index in [4.69, 9.17) is 4.74 Å². The summed E-state index contributed by atoms with van der Waals surface area (Å²) in [4.78, 5) is 15.5. The molecule has 1 N–H and O–H groups in total. The van der Waals surface area contributed by atoms with Crippen molar-refractivity contribution >= 4 is 22.4 Å². The zero-order chi connectivity index (χ0) is 14.3. The summed E-state index contributed by atoms with van der Waals surface area (Å²) in [6, 6.07) is 7.21. The van der Waals surface area contributed by atoms with Gasteiger partial charge in [0.15, 0.2) is 0 Å². The van der Waals surface area contributed by atoms with Crippen molar-refractivity contribution in [2.24, 2.45) is 0 Å². The van der Waals surface area contributed by atoms with Gasteiger partial charge in [-0.25, -0.2) is 4.79 Å². The SMILES string of the molecule is CC1(C)C=C(c2ccc3nccc(C(=O)O)c3c2)CO1. The fraction of sp³-hybridized carbons (Fsp3) is 0.250. The third kappa shape index (κ3) is 2.18. The Balaban J connectivity index is 2.16. The van der Waals surface area contributed by atoms with Gasteiger partial charge in [0.25, 0.3) is 0 Å². The van der Waals surface area contributed by atoms with Crippen LogP contribution in [0.5, 0.6) is 0 Å².